The summed E-state index contributed by atoms with van der Waals surface area (Å²) in [6.07, 6.45) is 1.59. The Bertz CT molecular complexity index is 374. The van der Waals surface area contributed by atoms with E-state index >= 15 is 0 Å². The van der Waals surface area contributed by atoms with Crippen LogP contribution < -0.4 is 11.1 Å². The first-order valence-corrected chi connectivity index (χ1v) is 5.69. The molecule has 0 aliphatic rings. The first-order valence-electron chi connectivity index (χ1n) is 5.69. The van der Waals surface area contributed by atoms with E-state index in [4.69, 9.17) is 5.73 Å². The van der Waals surface area contributed by atoms with Gasteiger partial charge in [-0.2, -0.15) is 0 Å². The molecular formula is C13H20N2O. The van der Waals surface area contributed by atoms with Crippen LogP contribution in [0.15, 0.2) is 18.2 Å². The van der Waals surface area contributed by atoms with Crippen LogP contribution in [0.3, 0.4) is 0 Å². The molecule has 0 radical (unpaired) electrons. The largest absolute Gasteiger partial charge is 0.399 e. The fraction of sp³-hybridized carbons (Fsp3) is 0.462. The van der Waals surface area contributed by atoms with E-state index in [-0.39, 0.29) is 5.91 Å². The Morgan fingerprint density at radius 3 is 2.75 bits per heavy atom. The van der Waals surface area contributed by atoms with Crippen LogP contribution in [-0.2, 0) is 4.79 Å². The van der Waals surface area contributed by atoms with Crippen molar-refractivity contribution in [3.05, 3.63) is 23.8 Å². The van der Waals surface area contributed by atoms with E-state index in [0.29, 0.717) is 12.3 Å². The molecule has 3 nitrogen and oxygen atoms in total. The number of nitrogens with two attached hydrogens (primary N) is 1. The lowest BCUT2D eigenvalue weighted by Gasteiger charge is -2.11. The second-order valence-corrected chi connectivity index (χ2v) is 4.34. The minimum Gasteiger partial charge on any atom is -0.399 e. The Morgan fingerprint density at radius 2 is 2.19 bits per heavy atom. The predicted octanol–water partition coefficient (Wildman–Crippen LogP) is 2.95. The van der Waals surface area contributed by atoms with Crippen LogP contribution >= 0.6 is 0 Å². The standard InChI is InChI=1S/C13H20N2O/c1-4-9(2)7-13(16)15-12-6-5-11(14)8-10(12)3/h5-6,8-9H,4,7,14H2,1-3H3,(H,15,16). The number of benzene rings is 1. The Morgan fingerprint density at radius 1 is 1.50 bits per heavy atom. The van der Waals surface area contributed by atoms with Gasteiger partial charge in [0.15, 0.2) is 0 Å². The lowest BCUT2D eigenvalue weighted by atomic mass is 10.0. The maximum Gasteiger partial charge on any atom is 0.224 e. The van der Waals surface area contributed by atoms with Gasteiger partial charge >= 0.3 is 0 Å². The summed E-state index contributed by atoms with van der Waals surface area (Å²) in [6.45, 7) is 6.11. The SMILES string of the molecule is CCC(C)CC(=O)Nc1ccc(N)cc1C. The number of carbonyl (C=O) groups is 1. The molecule has 0 bridgehead atoms. The van der Waals surface area contributed by atoms with E-state index in [1.54, 1.807) is 6.07 Å². The van der Waals surface area contributed by atoms with Crippen LogP contribution in [0.25, 0.3) is 0 Å². The molecule has 1 rings (SSSR count). The van der Waals surface area contributed by atoms with Crippen molar-refractivity contribution in [1.82, 2.24) is 0 Å². The first-order chi connectivity index (χ1) is 7.52. The van der Waals surface area contributed by atoms with E-state index in [2.05, 4.69) is 19.2 Å². The topological polar surface area (TPSA) is 55.1 Å². The van der Waals surface area contributed by atoms with Gasteiger partial charge in [0.05, 0.1) is 0 Å². The van der Waals surface area contributed by atoms with Gasteiger partial charge in [-0.05, 0) is 36.6 Å². The molecule has 0 saturated heterocycles. The fourth-order valence-electron chi connectivity index (χ4n) is 1.49. The summed E-state index contributed by atoms with van der Waals surface area (Å²) in [5.74, 6) is 0.497. The van der Waals surface area contributed by atoms with Crippen molar-refractivity contribution in [1.29, 1.82) is 0 Å². The summed E-state index contributed by atoms with van der Waals surface area (Å²) in [7, 11) is 0. The third-order valence-electron chi connectivity index (χ3n) is 2.76. The van der Waals surface area contributed by atoms with Crippen LogP contribution in [0, 0.1) is 12.8 Å². The van der Waals surface area contributed by atoms with Gasteiger partial charge in [-0.25, -0.2) is 0 Å². The Balaban J connectivity index is 2.63. The highest BCUT2D eigenvalue weighted by molar-refractivity contribution is 5.91. The molecule has 1 amide bonds. The zero-order chi connectivity index (χ0) is 12.1. The molecule has 0 heterocycles. The molecule has 1 unspecified atom stereocenters. The van der Waals surface area contributed by atoms with Crippen molar-refractivity contribution in [2.75, 3.05) is 11.1 Å². The normalized spacial score (nSPS) is 12.2. The van der Waals surface area contributed by atoms with Gasteiger partial charge < -0.3 is 11.1 Å². The van der Waals surface area contributed by atoms with E-state index in [9.17, 15) is 4.79 Å². The van der Waals surface area contributed by atoms with Crippen molar-refractivity contribution in [2.24, 2.45) is 5.92 Å². The molecule has 88 valence electrons. The second-order valence-electron chi connectivity index (χ2n) is 4.34. The van der Waals surface area contributed by atoms with Gasteiger partial charge in [0, 0.05) is 17.8 Å². The summed E-state index contributed by atoms with van der Waals surface area (Å²) >= 11 is 0. The molecule has 0 aliphatic heterocycles. The van der Waals surface area contributed by atoms with E-state index in [0.717, 1.165) is 23.4 Å². The minimum atomic E-state index is 0.0715. The summed E-state index contributed by atoms with van der Waals surface area (Å²) in [4.78, 5) is 11.7. The molecule has 0 aromatic heterocycles. The number of carbonyl (C=O) groups excluding carboxylic acids is 1. The molecule has 1 aromatic rings. The van der Waals surface area contributed by atoms with Crippen LogP contribution in [-0.4, -0.2) is 5.91 Å². The van der Waals surface area contributed by atoms with Gasteiger partial charge in [0.1, 0.15) is 0 Å². The van der Waals surface area contributed by atoms with Gasteiger partial charge in [-0.1, -0.05) is 20.3 Å². The van der Waals surface area contributed by atoms with Crippen molar-refractivity contribution >= 4 is 17.3 Å². The minimum absolute atomic E-state index is 0.0715. The summed E-state index contributed by atoms with van der Waals surface area (Å²) < 4.78 is 0. The summed E-state index contributed by atoms with van der Waals surface area (Å²) in [5, 5.41) is 2.91. The molecule has 1 atom stereocenters. The highest BCUT2D eigenvalue weighted by atomic mass is 16.1. The molecule has 0 saturated carbocycles. The van der Waals surface area contributed by atoms with Crippen molar-refractivity contribution in [3.8, 4) is 0 Å². The maximum atomic E-state index is 11.7. The van der Waals surface area contributed by atoms with Gasteiger partial charge in [-0.3, -0.25) is 4.79 Å². The van der Waals surface area contributed by atoms with E-state index in [1.165, 1.54) is 0 Å². The van der Waals surface area contributed by atoms with Gasteiger partial charge in [0.2, 0.25) is 5.91 Å². The molecule has 0 aliphatic carbocycles. The highest BCUT2D eigenvalue weighted by Crippen LogP contribution is 2.18. The number of amides is 1. The third-order valence-corrected chi connectivity index (χ3v) is 2.76. The van der Waals surface area contributed by atoms with Crippen LogP contribution in [0.5, 0.6) is 0 Å². The van der Waals surface area contributed by atoms with Crippen LogP contribution in [0.4, 0.5) is 11.4 Å². The van der Waals surface area contributed by atoms with E-state index in [1.807, 2.05) is 19.1 Å². The van der Waals surface area contributed by atoms with Crippen molar-refractivity contribution in [2.45, 2.75) is 33.6 Å². The van der Waals surface area contributed by atoms with Gasteiger partial charge in [0.25, 0.3) is 0 Å². The molecule has 0 spiro atoms. The fourth-order valence-corrected chi connectivity index (χ4v) is 1.49. The lowest BCUT2D eigenvalue weighted by molar-refractivity contribution is -0.117. The predicted molar refractivity (Wildman–Crippen MR) is 68.3 cm³/mol. The van der Waals surface area contributed by atoms with Gasteiger partial charge in [-0.15, -0.1) is 0 Å². The maximum absolute atomic E-state index is 11.7. The number of aryl methyl sites for hydroxylation is 1. The second kappa shape index (κ2) is 5.54. The smallest absolute Gasteiger partial charge is 0.224 e. The third kappa shape index (κ3) is 3.57. The van der Waals surface area contributed by atoms with Crippen LogP contribution in [0.1, 0.15) is 32.3 Å². The van der Waals surface area contributed by atoms with Crippen molar-refractivity contribution in [3.63, 3.8) is 0 Å². The number of nitrogens with one attached hydrogen (secondary N) is 1. The monoisotopic (exact) mass is 220 g/mol. The molecular weight excluding hydrogens is 200 g/mol. The summed E-state index contributed by atoms with van der Waals surface area (Å²) in [6, 6.07) is 5.50. The molecule has 16 heavy (non-hydrogen) atoms. The number of rotatable bonds is 4. The Kier molecular flexibility index (Phi) is 4.35. The Labute approximate surface area is 97.0 Å². The first kappa shape index (κ1) is 12.6. The zero-order valence-corrected chi connectivity index (χ0v) is 10.2. The highest BCUT2D eigenvalue weighted by Gasteiger charge is 2.08. The van der Waals surface area contributed by atoms with Crippen molar-refractivity contribution < 1.29 is 4.79 Å². The molecule has 3 N–H and O–H groups in total. The zero-order valence-electron chi connectivity index (χ0n) is 10.2. The average Bonchev–Trinajstić information content (AvgIpc) is 2.22. The number of nitrogen functional groups attached to an aromatic ring is 1. The summed E-state index contributed by atoms with van der Waals surface area (Å²) in [5.41, 5.74) is 8.21. The average molecular weight is 220 g/mol. The molecule has 0 fully saturated rings. The van der Waals surface area contributed by atoms with Crippen LogP contribution in [0.2, 0.25) is 0 Å². The molecule has 1 aromatic carbocycles. The Hall–Kier alpha value is -1.51. The quantitative estimate of drug-likeness (QED) is 0.766. The van der Waals surface area contributed by atoms with E-state index < -0.39 is 0 Å². The lowest BCUT2D eigenvalue weighted by Crippen LogP contribution is -2.15. The number of anilines is 2. The molecule has 3 heteroatoms. The number of hydrogen-bond donors (Lipinski definition) is 2. The number of hydrogen-bond acceptors (Lipinski definition) is 2.